The first-order valence-electron chi connectivity index (χ1n) is 5.77. The molecule has 1 aliphatic carbocycles. The zero-order valence-electron chi connectivity index (χ0n) is 8.88. The lowest BCUT2D eigenvalue weighted by molar-refractivity contribution is -0.125. The Labute approximate surface area is 85.6 Å². The van der Waals surface area contributed by atoms with Crippen LogP contribution in [0.2, 0.25) is 0 Å². The predicted octanol–water partition coefficient (Wildman–Crippen LogP) is 0.901. The number of nitrogens with one attached hydrogen (secondary N) is 2. The molecule has 3 nitrogen and oxygen atoms in total. The Bertz CT molecular complexity index is 211. The van der Waals surface area contributed by atoms with Gasteiger partial charge in [0.2, 0.25) is 5.91 Å². The van der Waals surface area contributed by atoms with E-state index in [2.05, 4.69) is 17.6 Å². The zero-order valence-corrected chi connectivity index (χ0v) is 8.88. The lowest BCUT2D eigenvalue weighted by Gasteiger charge is -2.15. The first-order valence-corrected chi connectivity index (χ1v) is 5.77. The Morgan fingerprint density at radius 3 is 2.79 bits per heavy atom. The van der Waals surface area contributed by atoms with E-state index in [0.717, 1.165) is 25.4 Å². The molecular weight excluding hydrogens is 176 g/mol. The van der Waals surface area contributed by atoms with Crippen molar-refractivity contribution in [2.75, 3.05) is 13.1 Å². The highest BCUT2D eigenvalue weighted by Gasteiger charge is 2.27. The molecule has 80 valence electrons. The number of rotatable bonds is 2. The maximum atomic E-state index is 11.8. The molecule has 0 bridgehead atoms. The summed E-state index contributed by atoms with van der Waals surface area (Å²) in [5.74, 6) is 1.29. The van der Waals surface area contributed by atoms with Crippen LogP contribution in [0.5, 0.6) is 0 Å². The molecule has 1 saturated heterocycles. The van der Waals surface area contributed by atoms with E-state index in [9.17, 15) is 4.79 Å². The highest BCUT2D eigenvalue weighted by molar-refractivity contribution is 5.79. The summed E-state index contributed by atoms with van der Waals surface area (Å²) in [6.45, 7) is 4.14. The minimum absolute atomic E-state index is 0.228. The lowest BCUT2D eigenvalue weighted by Crippen LogP contribution is -2.38. The Morgan fingerprint density at radius 1 is 1.36 bits per heavy atom. The average Bonchev–Trinajstić information content (AvgIpc) is 2.75. The van der Waals surface area contributed by atoms with Gasteiger partial charge in [0.05, 0.1) is 5.92 Å². The van der Waals surface area contributed by atoms with E-state index in [1.807, 2.05) is 0 Å². The summed E-state index contributed by atoms with van der Waals surface area (Å²) in [6, 6.07) is 0.457. The van der Waals surface area contributed by atoms with Gasteiger partial charge >= 0.3 is 0 Å². The van der Waals surface area contributed by atoms with Crippen LogP contribution in [0, 0.1) is 11.8 Å². The molecule has 14 heavy (non-hydrogen) atoms. The third-order valence-corrected chi connectivity index (χ3v) is 3.47. The van der Waals surface area contributed by atoms with Gasteiger partial charge in [-0.15, -0.1) is 0 Å². The van der Waals surface area contributed by atoms with Crippen LogP contribution in [0.25, 0.3) is 0 Å². The maximum Gasteiger partial charge on any atom is 0.224 e. The lowest BCUT2D eigenvalue weighted by atomic mass is 10.1. The Morgan fingerprint density at radius 2 is 2.21 bits per heavy atom. The Kier molecular flexibility index (Phi) is 3.06. The molecule has 0 spiro atoms. The minimum Gasteiger partial charge on any atom is -0.353 e. The van der Waals surface area contributed by atoms with Gasteiger partial charge < -0.3 is 10.6 Å². The van der Waals surface area contributed by atoms with Crippen molar-refractivity contribution in [3.05, 3.63) is 0 Å². The molecule has 1 amide bonds. The van der Waals surface area contributed by atoms with Crippen LogP contribution >= 0.6 is 0 Å². The number of carbonyl (C=O) groups is 1. The van der Waals surface area contributed by atoms with Crippen molar-refractivity contribution in [1.82, 2.24) is 10.6 Å². The fourth-order valence-electron chi connectivity index (χ4n) is 2.54. The topological polar surface area (TPSA) is 41.1 Å². The summed E-state index contributed by atoms with van der Waals surface area (Å²) in [6.07, 6.45) is 4.63. The van der Waals surface area contributed by atoms with E-state index < -0.39 is 0 Å². The summed E-state index contributed by atoms with van der Waals surface area (Å²) in [4.78, 5) is 11.8. The third-order valence-electron chi connectivity index (χ3n) is 3.47. The second kappa shape index (κ2) is 4.30. The van der Waals surface area contributed by atoms with Gasteiger partial charge in [-0.2, -0.15) is 0 Å². The number of hydrogen-bond acceptors (Lipinski definition) is 2. The molecule has 2 fully saturated rings. The largest absolute Gasteiger partial charge is 0.353 e. The van der Waals surface area contributed by atoms with E-state index in [-0.39, 0.29) is 11.8 Å². The van der Waals surface area contributed by atoms with Gasteiger partial charge in [-0.3, -0.25) is 4.79 Å². The van der Waals surface area contributed by atoms with Crippen molar-refractivity contribution in [3.63, 3.8) is 0 Å². The SMILES string of the molecule is CC1CCC(NC(=O)[C@H]2CCNC2)C1. The van der Waals surface area contributed by atoms with E-state index in [4.69, 9.17) is 0 Å². The summed E-state index contributed by atoms with van der Waals surface area (Å²) in [5, 5.41) is 6.40. The van der Waals surface area contributed by atoms with Crippen LogP contribution < -0.4 is 10.6 Å². The normalized spacial score (nSPS) is 37.4. The van der Waals surface area contributed by atoms with Gasteiger partial charge in [-0.05, 0) is 38.1 Å². The summed E-state index contributed by atoms with van der Waals surface area (Å²) in [7, 11) is 0. The van der Waals surface area contributed by atoms with Crippen molar-refractivity contribution in [2.45, 2.75) is 38.6 Å². The van der Waals surface area contributed by atoms with Gasteiger partial charge in [0.25, 0.3) is 0 Å². The fraction of sp³-hybridized carbons (Fsp3) is 0.909. The summed E-state index contributed by atoms with van der Waals surface area (Å²) >= 11 is 0. The van der Waals surface area contributed by atoms with Crippen molar-refractivity contribution in [1.29, 1.82) is 0 Å². The van der Waals surface area contributed by atoms with E-state index >= 15 is 0 Å². The standard InChI is InChI=1S/C11H20N2O/c1-8-2-3-10(6-8)13-11(14)9-4-5-12-7-9/h8-10,12H,2-7H2,1H3,(H,13,14)/t8?,9-,10?/m0/s1. The van der Waals surface area contributed by atoms with Crippen LogP contribution in [0.4, 0.5) is 0 Å². The van der Waals surface area contributed by atoms with Gasteiger partial charge in [-0.25, -0.2) is 0 Å². The summed E-state index contributed by atoms with van der Waals surface area (Å²) in [5.41, 5.74) is 0. The first kappa shape index (κ1) is 9.97. The molecule has 2 N–H and O–H groups in total. The zero-order chi connectivity index (χ0) is 9.97. The molecule has 0 aromatic heterocycles. The molecule has 0 aromatic carbocycles. The molecule has 2 rings (SSSR count). The number of amides is 1. The smallest absolute Gasteiger partial charge is 0.224 e. The third kappa shape index (κ3) is 2.27. The molecule has 2 aliphatic rings. The molecule has 1 aliphatic heterocycles. The van der Waals surface area contributed by atoms with Crippen LogP contribution in [0.1, 0.15) is 32.6 Å². The number of carbonyl (C=O) groups excluding carboxylic acids is 1. The second-order valence-corrected chi connectivity index (χ2v) is 4.81. The van der Waals surface area contributed by atoms with Crippen molar-refractivity contribution in [3.8, 4) is 0 Å². The Balaban J connectivity index is 1.76. The highest BCUT2D eigenvalue weighted by Crippen LogP contribution is 2.25. The van der Waals surface area contributed by atoms with Crippen LogP contribution in [0.3, 0.4) is 0 Å². The molecule has 3 atom stereocenters. The molecular formula is C11H20N2O. The fourth-order valence-corrected chi connectivity index (χ4v) is 2.54. The van der Waals surface area contributed by atoms with Crippen LogP contribution in [-0.4, -0.2) is 25.0 Å². The van der Waals surface area contributed by atoms with E-state index in [1.54, 1.807) is 0 Å². The molecule has 3 heteroatoms. The maximum absolute atomic E-state index is 11.8. The first-order chi connectivity index (χ1) is 6.75. The van der Waals surface area contributed by atoms with Gasteiger partial charge in [0.15, 0.2) is 0 Å². The highest BCUT2D eigenvalue weighted by atomic mass is 16.2. The average molecular weight is 196 g/mol. The van der Waals surface area contributed by atoms with E-state index in [0.29, 0.717) is 6.04 Å². The van der Waals surface area contributed by atoms with Crippen LogP contribution in [0.15, 0.2) is 0 Å². The van der Waals surface area contributed by atoms with E-state index in [1.165, 1.54) is 19.3 Å². The van der Waals surface area contributed by atoms with Crippen LogP contribution in [-0.2, 0) is 4.79 Å². The number of hydrogen-bond donors (Lipinski definition) is 2. The molecule has 1 saturated carbocycles. The quantitative estimate of drug-likeness (QED) is 0.689. The molecule has 2 unspecified atom stereocenters. The van der Waals surface area contributed by atoms with Gasteiger partial charge in [0, 0.05) is 12.6 Å². The van der Waals surface area contributed by atoms with Gasteiger partial charge in [-0.1, -0.05) is 6.92 Å². The molecule has 1 heterocycles. The van der Waals surface area contributed by atoms with Crippen molar-refractivity contribution in [2.24, 2.45) is 11.8 Å². The second-order valence-electron chi connectivity index (χ2n) is 4.81. The predicted molar refractivity (Wildman–Crippen MR) is 55.9 cm³/mol. The van der Waals surface area contributed by atoms with Gasteiger partial charge in [0.1, 0.15) is 0 Å². The minimum atomic E-state index is 0.228. The van der Waals surface area contributed by atoms with Crippen molar-refractivity contribution < 1.29 is 4.79 Å². The monoisotopic (exact) mass is 196 g/mol. The van der Waals surface area contributed by atoms with Crippen molar-refractivity contribution >= 4 is 5.91 Å². The summed E-state index contributed by atoms with van der Waals surface area (Å²) < 4.78 is 0. The Hall–Kier alpha value is -0.570. The molecule has 0 aromatic rings. The molecule has 0 radical (unpaired) electrons.